The van der Waals surface area contributed by atoms with Crippen molar-refractivity contribution < 1.29 is 18.3 Å². The van der Waals surface area contributed by atoms with Crippen molar-refractivity contribution in [2.24, 2.45) is 0 Å². The van der Waals surface area contributed by atoms with E-state index < -0.39 is 17.5 Å². The van der Waals surface area contributed by atoms with Gasteiger partial charge in [0.1, 0.15) is 5.82 Å². The minimum atomic E-state index is -0.758. The van der Waals surface area contributed by atoms with E-state index in [2.05, 4.69) is 9.97 Å². The molecule has 0 saturated carbocycles. The standard InChI is InChI=1S/C15H12ClF2N3O2/c1-23-14-11(17)6-19-13(20-14)15(22)21-5-4-8-2-3-10(16)12(18)9(8)7-21/h2-3,6H,4-5,7H2,1H3. The lowest BCUT2D eigenvalue weighted by Gasteiger charge is -2.28. The highest BCUT2D eigenvalue weighted by Crippen LogP contribution is 2.27. The molecule has 5 nitrogen and oxygen atoms in total. The Kier molecular flexibility index (Phi) is 4.12. The topological polar surface area (TPSA) is 55.3 Å². The minimum absolute atomic E-state index is 0.0118. The second-order valence-corrected chi connectivity index (χ2v) is 5.43. The minimum Gasteiger partial charge on any atom is -0.479 e. The average molecular weight is 340 g/mol. The maximum atomic E-state index is 14.1. The molecule has 0 saturated heterocycles. The molecule has 1 aromatic heterocycles. The van der Waals surface area contributed by atoms with E-state index in [9.17, 15) is 13.6 Å². The Morgan fingerprint density at radius 3 is 2.91 bits per heavy atom. The second kappa shape index (κ2) is 6.08. The Labute approximate surface area is 135 Å². The molecule has 0 radical (unpaired) electrons. The molecule has 8 heteroatoms. The molecule has 0 atom stereocenters. The molecule has 0 spiro atoms. The number of methoxy groups -OCH3 is 1. The summed E-state index contributed by atoms with van der Waals surface area (Å²) in [6, 6.07) is 3.25. The number of carbonyl (C=O) groups is 1. The highest BCUT2D eigenvalue weighted by molar-refractivity contribution is 6.30. The van der Waals surface area contributed by atoms with Gasteiger partial charge >= 0.3 is 0 Å². The maximum Gasteiger partial charge on any atom is 0.292 e. The molecular formula is C15H12ClF2N3O2. The number of fused-ring (bicyclic) bond motifs is 1. The van der Waals surface area contributed by atoms with Gasteiger partial charge in [-0.2, -0.15) is 9.37 Å². The molecule has 3 rings (SSSR count). The molecule has 120 valence electrons. The molecule has 0 N–H and O–H groups in total. The first-order valence-corrected chi connectivity index (χ1v) is 7.20. The van der Waals surface area contributed by atoms with Crippen LogP contribution in [0.15, 0.2) is 18.3 Å². The van der Waals surface area contributed by atoms with Crippen molar-refractivity contribution in [1.82, 2.24) is 14.9 Å². The summed E-state index contributed by atoms with van der Waals surface area (Å²) in [5, 5.41) is 0.0118. The van der Waals surface area contributed by atoms with Crippen LogP contribution in [0.1, 0.15) is 21.7 Å². The highest BCUT2D eigenvalue weighted by Gasteiger charge is 2.27. The fraction of sp³-hybridized carbons (Fsp3) is 0.267. The Hall–Kier alpha value is -2.28. The van der Waals surface area contributed by atoms with Crippen LogP contribution in [-0.2, 0) is 13.0 Å². The summed E-state index contributed by atoms with van der Waals surface area (Å²) < 4.78 is 32.2. The number of hydrogen-bond donors (Lipinski definition) is 0. The van der Waals surface area contributed by atoms with Crippen LogP contribution >= 0.6 is 11.6 Å². The zero-order valence-corrected chi connectivity index (χ0v) is 12.9. The van der Waals surface area contributed by atoms with Crippen molar-refractivity contribution in [1.29, 1.82) is 0 Å². The average Bonchev–Trinajstić information content (AvgIpc) is 2.58. The molecular weight excluding hydrogens is 328 g/mol. The lowest BCUT2D eigenvalue weighted by atomic mass is 9.99. The van der Waals surface area contributed by atoms with E-state index in [4.69, 9.17) is 16.3 Å². The first kappa shape index (κ1) is 15.6. The van der Waals surface area contributed by atoms with E-state index in [0.29, 0.717) is 18.5 Å². The third-order valence-corrected chi connectivity index (χ3v) is 3.97. The predicted octanol–water partition coefficient (Wildman–Crippen LogP) is 2.62. The fourth-order valence-electron chi connectivity index (χ4n) is 2.48. The van der Waals surface area contributed by atoms with Crippen LogP contribution in [-0.4, -0.2) is 34.4 Å². The molecule has 23 heavy (non-hydrogen) atoms. The van der Waals surface area contributed by atoms with E-state index in [1.165, 1.54) is 18.1 Å². The predicted molar refractivity (Wildman–Crippen MR) is 78.4 cm³/mol. The lowest BCUT2D eigenvalue weighted by molar-refractivity contribution is 0.0718. The van der Waals surface area contributed by atoms with Crippen LogP contribution in [0, 0.1) is 11.6 Å². The molecule has 2 heterocycles. The molecule has 1 amide bonds. The number of ether oxygens (including phenoxy) is 1. The van der Waals surface area contributed by atoms with Gasteiger partial charge in [-0.15, -0.1) is 0 Å². The molecule has 2 aromatic rings. The summed E-state index contributed by atoms with van der Waals surface area (Å²) in [4.78, 5) is 21.3. The van der Waals surface area contributed by atoms with Crippen molar-refractivity contribution in [2.45, 2.75) is 13.0 Å². The van der Waals surface area contributed by atoms with E-state index in [1.807, 2.05) is 0 Å². The summed E-state index contributed by atoms with van der Waals surface area (Å²) in [5.41, 5.74) is 1.19. The maximum absolute atomic E-state index is 14.1. The Balaban J connectivity index is 1.88. The van der Waals surface area contributed by atoms with E-state index in [1.54, 1.807) is 6.07 Å². The van der Waals surface area contributed by atoms with Gasteiger partial charge in [-0.05, 0) is 18.1 Å². The normalized spacial score (nSPS) is 13.7. The molecule has 1 aromatic carbocycles. The van der Waals surface area contributed by atoms with Gasteiger partial charge in [0.25, 0.3) is 11.8 Å². The van der Waals surface area contributed by atoms with Crippen LogP contribution in [0.25, 0.3) is 0 Å². The molecule has 0 fully saturated rings. The first-order valence-electron chi connectivity index (χ1n) is 6.82. The summed E-state index contributed by atoms with van der Waals surface area (Å²) in [7, 11) is 1.24. The Morgan fingerprint density at radius 1 is 1.39 bits per heavy atom. The summed E-state index contributed by atoms with van der Waals surface area (Å²) in [5.74, 6) is -2.32. The molecule has 0 aliphatic carbocycles. The van der Waals surface area contributed by atoms with E-state index in [-0.39, 0.29) is 23.3 Å². The summed E-state index contributed by atoms with van der Waals surface area (Å²) in [6.45, 7) is 0.444. The van der Waals surface area contributed by atoms with Crippen LogP contribution in [0.3, 0.4) is 0 Å². The Morgan fingerprint density at radius 2 is 2.17 bits per heavy atom. The van der Waals surface area contributed by atoms with Gasteiger partial charge in [0.2, 0.25) is 11.6 Å². The van der Waals surface area contributed by atoms with Crippen LogP contribution in [0.2, 0.25) is 5.02 Å². The van der Waals surface area contributed by atoms with Gasteiger partial charge in [0.05, 0.1) is 18.3 Å². The van der Waals surface area contributed by atoms with Crippen molar-refractivity contribution in [2.75, 3.05) is 13.7 Å². The number of aromatic nitrogens is 2. The number of hydrogen-bond acceptors (Lipinski definition) is 4. The van der Waals surface area contributed by atoms with Crippen molar-refractivity contribution in [3.63, 3.8) is 0 Å². The molecule has 1 aliphatic heterocycles. The quantitative estimate of drug-likeness (QED) is 0.844. The lowest BCUT2D eigenvalue weighted by Crippen LogP contribution is -2.37. The van der Waals surface area contributed by atoms with E-state index >= 15 is 0 Å². The van der Waals surface area contributed by atoms with Crippen molar-refractivity contribution in [3.05, 3.63) is 51.9 Å². The molecule has 0 bridgehead atoms. The third-order valence-electron chi connectivity index (χ3n) is 3.68. The van der Waals surface area contributed by atoms with E-state index in [0.717, 1.165) is 11.8 Å². The second-order valence-electron chi connectivity index (χ2n) is 5.03. The van der Waals surface area contributed by atoms with Crippen molar-refractivity contribution in [3.8, 4) is 5.88 Å². The van der Waals surface area contributed by atoms with Crippen LogP contribution in [0.5, 0.6) is 5.88 Å². The number of halogens is 3. The summed E-state index contributed by atoms with van der Waals surface area (Å²) in [6.07, 6.45) is 1.36. The number of rotatable bonds is 2. The Bertz CT molecular complexity index is 786. The first-order chi connectivity index (χ1) is 11.0. The largest absolute Gasteiger partial charge is 0.479 e. The third kappa shape index (κ3) is 2.84. The van der Waals surface area contributed by atoms with Crippen molar-refractivity contribution >= 4 is 17.5 Å². The fourth-order valence-corrected chi connectivity index (χ4v) is 2.65. The van der Waals surface area contributed by atoms with Crippen LogP contribution in [0.4, 0.5) is 8.78 Å². The highest BCUT2D eigenvalue weighted by atomic mass is 35.5. The number of amides is 1. The number of benzene rings is 1. The smallest absolute Gasteiger partial charge is 0.292 e. The summed E-state index contributed by atoms with van der Waals surface area (Å²) >= 11 is 5.79. The molecule has 0 unspecified atom stereocenters. The van der Waals surface area contributed by atoms with Gasteiger partial charge < -0.3 is 9.64 Å². The van der Waals surface area contributed by atoms with Gasteiger partial charge in [0, 0.05) is 18.7 Å². The number of carbonyl (C=O) groups excluding carboxylic acids is 1. The zero-order valence-electron chi connectivity index (χ0n) is 12.1. The van der Waals surface area contributed by atoms with Gasteiger partial charge in [0.15, 0.2) is 0 Å². The zero-order chi connectivity index (χ0) is 16.6. The molecule has 1 aliphatic rings. The monoisotopic (exact) mass is 339 g/mol. The SMILES string of the molecule is COc1nc(C(=O)N2CCc3ccc(Cl)c(F)c3C2)ncc1F. The van der Waals surface area contributed by atoms with Gasteiger partial charge in [-0.3, -0.25) is 4.79 Å². The van der Waals surface area contributed by atoms with Crippen LogP contribution < -0.4 is 4.74 Å². The van der Waals surface area contributed by atoms with Gasteiger partial charge in [-0.25, -0.2) is 9.37 Å². The van der Waals surface area contributed by atoms with Gasteiger partial charge in [-0.1, -0.05) is 17.7 Å². The number of nitrogens with zero attached hydrogens (tertiary/aromatic N) is 3.